The van der Waals surface area contributed by atoms with Crippen molar-refractivity contribution in [2.75, 3.05) is 13.6 Å². The molecule has 0 aliphatic rings. The van der Waals surface area contributed by atoms with Crippen LogP contribution in [0.5, 0.6) is 0 Å². The van der Waals surface area contributed by atoms with Crippen LogP contribution < -0.4 is 11.1 Å². The average Bonchev–Trinajstić information content (AvgIpc) is 2.25. The van der Waals surface area contributed by atoms with Crippen LogP contribution in [0.15, 0.2) is 18.2 Å². The molecular formula is C11H16ClFN2O. The number of nitrogens with one attached hydrogen (secondary N) is 1. The van der Waals surface area contributed by atoms with Crippen LogP contribution in [0.4, 0.5) is 4.39 Å². The SMILES string of the molecule is CNC(CCN)C(O)c1c(F)cccc1Cl. The monoisotopic (exact) mass is 246 g/mol. The Bertz CT molecular complexity index is 329. The van der Waals surface area contributed by atoms with Crippen molar-refractivity contribution in [1.82, 2.24) is 5.32 Å². The molecule has 0 aromatic heterocycles. The largest absolute Gasteiger partial charge is 0.387 e. The first-order valence-corrected chi connectivity index (χ1v) is 5.49. The second kappa shape index (κ2) is 6.15. The number of hydrogen-bond donors (Lipinski definition) is 3. The highest BCUT2D eigenvalue weighted by molar-refractivity contribution is 6.31. The van der Waals surface area contributed by atoms with Crippen LogP contribution in [0.2, 0.25) is 5.02 Å². The summed E-state index contributed by atoms with van der Waals surface area (Å²) in [7, 11) is 1.69. The Morgan fingerprint density at radius 2 is 2.25 bits per heavy atom. The first-order chi connectivity index (χ1) is 7.61. The average molecular weight is 247 g/mol. The number of likely N-dealkylation sites (N-methyl/N-ethyl adjacent to an activating group) is 1. The summed E-state index contributed by atoms with van der Waals surface area (Å²) in [5, 5.41) is 13.2. The summed E-state index contributed by atoms with van der Waals surface area (Å²) in [6.07, 6.45) is -0.454. The molecule has 0 spiro atoms. The zero-order chi connectivity index (χ0) is 12.1. The van der Waals surface area contributed by atoms with Crippen molar-refractivity contribution in [2.45, 2.75) is 18.6 Å². The summed E-state index contributed by atoms with van der Waals surface area (Å²) in [6.45, 7) is 0.411. The molecule has 0 aliphatic heterocycles. The molecule has 1 aromatic rings. The number of rotatable bonds is 5. The van der Waals surface area contributed by atoms with Crippen molar-refractivity contribution in [3.05, 3.63) is 34.6 Å². The molecule has 1 rings (SSSR count). The van der Waals surface area contributed by atoms with Crippen LogP contribution in [0.25, 0.3) is 0 Å². The topological polar surface area (TPSA) is 58.3 Å². The number of halogens is 2. The third-order valence-corrected chi connectivity index (χ3v) is 2.85. The predicted octanol–water partition coefficient (Wildman–Crippen LogP) is 1.45. The summed E-state index contributed by atoms with van der Waals surface area (Å²) in [5.41, 5.74) is 5.54. The van der Waals surface area contributed by atoms with Crippen LogP contribution in [-0.2, 0) is 0 Å². The Morgan fingerprint density at radius 1 is 1.56 bits per heavy atom. The molecule has 0 heterocycles. The lowest BCUT2D eigenvalue weighted by Crippen LogP contribution is -2.34. The Morgan fingerprint density at radius 3 is 2.75 bits per heavy atom. The molecule has 0 saturated carbocycles. The van der Waals surface area contributed by atoms with Crippen LogP contribution in [0, 0.1) is 5.82 Å². The van der Waals surface area contributed by atoms with Gasteiger partial charge in [0.25, 0.3) is 0 Å². The van der Waals surface area contributed by atoms with Gasteiger partial charge in [0.05, 0.1) is 6.10 Å². The highest BCUT2D eigenvalue weighted by Crippen LogP contribution is 2.28. The molecule has 2 unspecified atom stereocenters. The second-order valence-electron chi connectivity index (χ2n) is 3.55. The maximum atomic E-state index is 13.5. The van der Waals surface area contributed by atoms with E-state index >= 15 is 0 Å². The summed E-state index contributed by atoms with van der Waals surface area (Å²) in [4.78, 5) is 0. The molecule has 2 atom stereocenters. The third kappa shape index (κ3) is 2.92. The van der Waals surface area contributed by atoms with E-state index in [1.165, 1.54) is 12.1 Å². The lowest BCUT2D eigenvalue weighted by molar-refractivity contribution is 0.125. The number of hydrogen-bond acceptors (Lipinski definition) is 3. The Hall–Kier alpha value is -0.680. The van der Waals surface area contributed by atoms with Gasteiger partial charge in [0.2, 0.25) is 0 Å². The minimum absolute atomic E-state index is 0.122. The van der Waals surface area contributed by atoms with Crippen molar-refractivity contribution in [1.29, 1.82) is 0 Å². The molecule has 0 aliphatic carbocycles. The van der Waals surface area contributed by atoms with Gasteiger partial charge in [-0.2, -0.15) is 0 Å². The molecule has 16 heavy (non-hydrogen) atoms. The quantitative estimate of drug-likeness (QED) is 0.737. The van der Waals surface area contributed by atoms with Gasteiger partial charge in [-0.05, 0) is 32.1 Å². The van der Waals surface area contributed by atoms with Gasteiger partial charge >= 0.3 is 0 Å². The summed E-state index contributed by atoms with van der Waals surface area (Å²) >= 11 is 5.87. The zero-order valence-electron chi connectivity index (χ0n) is 9.08. The van der Waals surface area contributed by atoms with Crippen LogP contribution in [0.3, 0.4) is 0 Å². The fraction of sp³-hybridized carbons (Fsp3) is 0.455. The van der Waals surface area contributed by atoms with Crippen LogP contribution >= 0.6 is 11.6 Å². The van der Waals surface area contributed by atoms with Crippen molar-refractivity contribution in [2.24, 2.45) is 5.73 Å². The summed E-state index contributed by atoms with van der Waals surface area (Å²) in [5.74, 6) is -0.503. The van der Waals surface area contributed by atoms with Gasteiger partial charge in [-0.1, -0.05) is 17.7 Å². The van der Waals surface area contributed by atoms with Crippen molar-refractivity contribution in [3.63, 3.8) is 0 Å². The van der Waals surface area contributed by atoms with Gasteiger partial charge < -0.3 is 16.2 Å². The van der Waals surface area contributed by atoms with E-state index in [9.17, 15) is 9.50 Å². The van der Waals surface area contributed by atoms with Gasteiger partial charge in [-0.3, -0.25) is 0 Å². The number of nitrogens with two attached hydrogens (primary N) is 1. The Labute approximate surface area is 99.4 Å². The maximum absolute atomic E-state index is 13.5. The Kier molecular flexibility index (Phi) is 5.15. The van der Waals surface area contributed by atoms with Crippen LogP contribution in [0.1, 0.15) is 18.1 Å². The van der Waals surface area contributed by atoms with E-state index in [0.717, 1.165) is 0 Å². The van der Waals surface area contributed by atoms with Gasteiger partial charge in [0.1, 0.15) is 5.82 Å². The number of benzene rings is 1. The first kappa shape index (κ1) is 13.4. The molecule has 4 N–H and O–H groups in total. The second-order valence-corrected chi connectivity index (χ2v) is 3.96. The van der Waals surface area contributed by atoms with E-state index in [1.807, 2.05) is 0 Å². The minimum atomic E-state index is -0.998. The van der Waals surface area contributed by atoms with Gasteiger partial charge in [0.15, 0.2) is 0 Å². The molecule has 5 heteroatoms. The highest BCUT2D eigenvalue weighted by atomic mass is 35.5. The van der Waals surface area contributed by atoms with Gasteiger partial charge in [-0.15, -0.1) is 0 Å². The zero-order valence-corrected chi connectivity index (χ0v) is 9.84. The standard InChI is InChI=1S/C11H16ClFN2O/c1-15-9(5-6-14)11(16)10-7(12)3-2-4-8(10)13/h2-4,9,11,15-16H,5-6,14H2,1H3. The summed E-state index contributed by atoms with van der Waals surface area (Å²) in [6, 6.07) is 4.03. The molecular weight excluding hydrogens is 231 g/mol. The molecule has 0 saturated heterocycles. The lowest BCUT2D eigenvalue weighted by Gasteiger charge is -2.23. The normalized spacial score (nSPS) is 14.8. The fourth-order valence-electron chi connectivity index (χ4n) is 1.63. The molecule has 0 radical (unpaired) electrons. The molecule has 0 amide bonds. The van der Waals surface area contributed by atoms with Crippen LogP contribution in [-0.4, -0.2) is 24.7 Å². The predicted molar refractivity (Wildman–Crippen MR) is 62.9 cm³/mol. The van der Waals surface area contributed by atoms with E-state index in [2.05, 4.69) is 5.32 Å². The number of aliphatic hydroxyl groups is 1. The van der Waals surface area contributed by atoms with E-state index in [0.29, 0.717) is 13.0 Å². The number of aliphatic hydroxyl groups excluding tert-OH is 1. The Balaban J connectivity index is 2.98. The molecule has 0 fully saturated rings. The van der Waals surface area contributed by atoms with Crippen molar-refractivity contribution >= 4 is 11.6 Å². The van der Waals surface area contributed by atoms with Crippen molar-refractivity contribution < 1.29 is 9.50 Å². The van der Waals surface area contributed by atoms with Crippen molar-refractivity contribution in [3.8, 4) is 0 Å². The van der Waals surface area contributed by atoms with Gasteiger partial charge in [0, 0.05) is 16.6 Å². The van der Waals surface area contributed by atoms with E-state index < -0.39 is 11.9 Å². The van der Waals surface area contributed by atoms with E-state index in [4.69, 9.17) is 17.3 Å². The first-order valence-electron chi connectivity index (χ1n) is 5.11. The molecule has 3 nitrogen and oxygen atoms in total. The fourth-order valence-corrected chi connectivity index (χ4v) is 1.91. The third-order valence-electron chi connectivity index (χ3n) is 2.53. The summed E-state index contributed by atoms with van der Waals surface area (Å²) < 4.78 is 13.5. The van der Waals surface area contributed by atoms with E-state index in [-0.39, 0.29) is 16.6 Å². The lowest BCUT2D eigenvalue weighted by atomic mass is 9.99. The molecule has 0 bridgehead atoms. The van der Waals surface area contributed by atoms with Gasteiger partial charge in [-0.25, -0.2) is 4.39 Å². The van der Waals surface area contributed by atoms with E-state index in [1.54, 1.807) is 13.1 Å². The smallest absolute Gasteiger partial charge is 0.130 e. The molecule has 1 aromatic carbocycles. The minimum Gasteiger partial charge on any atom is -0.387 e. The molecule has 90 valence electrons. The maximum Gasteiger partial charge on any atom is 0.130 e. The highest BCUT2D eigenvalue weighted by Gasteiger charge is 2.23.